The molecule has 2 aliphatic rings. The maximum atomic E-state index is 11.5. The first-order chi connectivity index (χ1) is 9.41. The Labute approximate surface area is 120 Å². The minimum atomic E-state index is -0.840. The smallest absolute Gasteiger partial charge is 0.337 e. The predicted octanol–water partition coefficient (Wildman–Crippen LogP) is 3.89. The number of carboxylic acid groups (broad SMARTS) is 1. The quantitative estimate of drug-likeness (QED) is 0.816. The van der Waals surface area contributed by atoms with E-state index in [1.165, 1.54) is 12.8 Å². The summed E-state index contributed by atoms with van der Waals surface area (Å²) in [5.41, 5.74) is 2.46. The fraction of sp³-hybridized carbons (Fsp3) is 0.588. The first-order valence-corrected chi connectivity index (χ1v) is 7.54. The topological polar surface area (TPSA) is 49.3 Å². The molecule has 0 radical (unpaired) electrons. The highest BCUT2D eigenvalue weighted by Gasteiger charge is 2.45. The lowest BCUT2D eigenvalue weighted by Gasteiger charge is -2.50. The third-order valence-electron chi connectivity index (χ3n) is 5.36. The van der Waals surface area contributed by atoms with Crippen molar-refractivity contribution in [3.05, 3.63) is 29.3 Å². The Balaban J connectivity index is 2.11. The second-order valence-corrected chi connectivity index (χ2v) is 7.03. The molecule has 3 heteroatoms. The van der Waals surface area contributed by atoms with Crippen molar-refractivity contribution < 1.29 is 9.90 Å². The normalized spacial score (nSPS) is 30.9. The van der Waals surface area contributed by atoms with Crippen LogP contribution in [0.25, 0.3) is 0 Å². The summed E-state index contributed by atoms with van der Waals surface area (Å²) in [6, 6.07) is 6.07. The van der Waals surface area contributed by atoms with Gasteiger partial charge in [-0.1, -0.05) is 39.3 Å². The van der Waals surface area contributed by atoms with Crippen LogP contribution in [0.1, 0.15) is 56.0 Å². The van der Waals surface area contributed by atoms with Gasteiger partial charge in [-0.05, 0) is 41.7 Å². The summed E-state index contributed by atoms with van der Waals surface area (Å²) in [6.45, 7) is 6.83. The molecule has 1 aromatic carbocycles. The fourth-order valence-corrected chi connectivity index (χ4v) is 4.21. The van der Waals surface area contributed by atoms with E-state index in [4.69, 9.17) is 0 Å². The standard InChI is InChI=1S/C17H23NO2/c1-10-7-8-12-14(9-10)18-15-11(16(19)20)5-4-6-13(15)17(12,2)3/h4-6,10,12,14,18H,7-9H2,1-3H3,(H,19,20)/t10-,12-,14-/m1/s1. The number of benzene rings is 1. The summed E-state index contributed by atoms with van der Waals surface area (Å²) in [6.07, 6.45) is 3.64. The van der Waals surface area contributed by atoms with Crippen LogP contribution < -0.4 is 5.32 Å². The molecule has 0 amide bonds. The number of carboxylic acids is 1. The van der Waals surface area contributed by atoms with Crippen LogP contribution in [0.2, 0.25) is 0 Å². The fourth-order valence-electron chi connectivity index (χ4n) is 4.21. The highest BCUT2D eigenvalue weighted by molar-refractivity contribution is 5.95. The van der Waals surface area contributed by atoms with Crippen LogP contribution >= 0.6 is 0 Å². The van der Waals surface area contributed by atoms with Crippen molar-refractivity contribution in [1.82, 2.24) is 0 Å². The molecule has 1 heterocycles. The average molecular weight is 273 g/mol. The molecule has 3 nitrogen and oxygen atoms in total. The lowest BCUT2D eigenvalue weighted by Crippen LogP contribution is -2.49. The molecule has 1 aliphatic carbocycles. The SMILES string of the molecule is C[C@@H]1CC[C@@H]2[C@@H](C1)Nc1c(C(=O)O)cccc1C2(C)C. The molecule has 0 saturated heterocycles. The summed E-state index contributed by atoms with van der Waals surface area (Å²) >= 11 is 0. The summed E-state index contributed by atoms with van der Waals surface area (Å²) in [5.74, 6) is 0.473. The van der Waals surface area contributed by atoms with Gasteiger partial charge in [0.05, 0.1) is 11.3 Å². The molecular weight excluding hydrogens is 250 g/mol. The van der Waals surface area contributed by atoms with Gasteiger partial charge in [-0.3, -0.25) is 0 Å². The van der Waals surface area contributed by atoms with Gasteiger partial charge < -0.3 is 10.4 Å². The Bertz CT molecular complexity index is 550. The Morgan fingerprint density at radius 1 is 1.35 bits per heavy atom. The number of nitrogens with one attached hydrogen (secondary N) is 1. The van der Waals surface area contributed by atoms with Gasteiger partial charge in [0.25, 0.3) is 0 Å². The molecule has 0 spiro atoms. The van der Waals surface area contributed by atoms with Gasteiger partial charge in [-0.25, -0.2) is 4.79 Å². The van der Waals surface area contributed by atoms with Crippen molar-refractivity contribution >= 4 is 11.7 Å². The molecule has 2 N–H and O–H groups in total. The monoisotopic (exact) mass is 273 g/mol. The second kappa shape index (κ2) is 4.51. The third-order valence-corrected chi connectivity index (χ3v) is 5.36. The van der Waals surface area contributed by atoms with Crippen LogP contribution in [-0.4, -0.2) is 17.1 Å². The first-order valence-electron chi connectivity index (χ1n) is 7.54. The van der Waals surface area contributed by atoms with Gasteiger partial charge >= 0.3 is 5.97 Å². The highest BCUT2D eigenvalue weighted by atomic mass is 16.4. The van der Waals surface area contributed by atoms with E-state index in [1.807, 2.05) is 6.07 Å². The Morgan fingerprint density at radius 3 is 2.80 bits per heavy atom. The number of hydrogen-bond donors (Lipinski definition) is 2. The van der Waals surface area contributed by atoms with Crippen molar-refractivity contribution in [2.45, 2.75) is 51.5 Å². The van der Waals surface area contributed by atoms with Crippen molar-refractivity contribution in [2.75, 3.05) is 5.32 Å². The summed E-state index contributed by atoms with van der Waals surface area (Å²) in [4.78, 5) is 11.5. The van der Waals surface area contributed by atoms with E-state index in [0.29, 0.717) is 17.5 Å². The minimum Gasteiger partial charge on any atom is -0.478 e. The van der Waals surface area contributed by atoms with Crippen LogP contribution in [0.15, 0.2) is 18.2 Å². The van der Waals surface area contributed by atoms with E-state index in [2.05, 4.69) is 32.2 Å². The van der Waals surface area contributed by atoms with E-state index < -0.39 is 5.97 Å². The van der Waals surface area contributed by atoms with Crippen molar-refractivity contribution in [2.24, 2.45) is 11.8 Å². The van der Waals surface area contributed by atoms with E-state index in [0.717, 1.165) is 23.6 Å². The lowest BCUT2D eigenvalue weighted by molar-refractivity contribution is 0.0697. The number of para-hydroxylation sites is 1. The molecule has 108 valence electrons. The zero-order chi connectivity index (χ0) is 14.5. The Morgan fingerprint density at radius 2 is 2.10 bits per heavy atom. The molecule has 20 heavy (non-hydrogen) atoms. The molecule has 1 aromatic rings. The molecule has 3 rings (SSSR count). The number of fused-ring (bicyclic) bond motifs is 2. The molecule has 1 fully saturated rings. The van der Waals surface area contributed by atoms with E-state index >= 15 is 0 Å². The third kappa shape index (κ3) is 1.91. The lowest BCUT2D eigenvalue weighted by atomic mass is 9.61. The number of carbonyl (C=O) groups is 1. The second-order valence-electron chi connectivity index (χ2n) is 7.03. The Hall–Kier alpha value is -1.51. The summed E-state index contributed by atoms with van der Waals surface area (Å²) in [7, 11) is 0. The zero-order valence-corrected chi connectivity index (χ0v) is 12.4. The van der Waals surface area contributed by atoms with Crippen molar-refractivity contribution in [1.29, 1.82) is 0 Å². The van der Waals surface area contributed by atoms with Crippen molar-refractivity contribution in [3.63, 3.8) is 0 Å². The number of rotatable bonds is 1. The highest BCUT2D eigenvalue weighted by Crippen LogP contribution is 2.49. The van der Waals surface area contributed by atoms with E-state index in [1.54, 1.807) is 6.07 Å². The molecule has 1 aliphatic heterocycles. The van der Waals surface area contributed by atoms with Gasteiger partial charge in [0.1, 0.15) is 0 Å². The molecule has 0 aromatic heterocycles. The molecule has 0 unspecified atom stereocenters. The van der Waals surface area contributed by atoms with Crippen LogP contribution in [0, 0.1) is 11.8 Å². The van der Waals surface area contributed by atoms with Gasteiger partial charge in [-0.15, -0.1) is 0 Å². The maximum Gasteiger partial charge on any atom is 0.337 e. The van der Waals surface area contributed by atoms with Crippen molar-refractivity contribution in [3.8, 4) is 0 Å². The van der Waals surface area contributed by atoms with E-state index in [9.17, 15) is 9.90 Å². The summed E-state index contributed by atoms with van der Waals surface area (Å²) < 4.78 is 0. The molecule has 0 bridgehead atoms. The zero-order valence-electron chi connectivity index (χ0n) is 12.4. The van der Waals surface area contributed by atoms with Crippen LogP contribution in [-0.2, 0) is 5.41 Å². The molecule has 3 atom stereocenters. The predicted molar refractivity (Wildman–Crippen MR) is 80.3 cm³/mol. The number of hydrogen-bond acceptors (Lipinski definition) is 2. The van der Waals surface area contributed by atoms with Crippen LogP contribution in [0.4, 0.5) is 5.69 Å². The van der Waals surface area contributed by atoms with E-state index in [-0.39, 0.29) is 5.41 Å². The summed E-state index contributed by atoms with van der Waals surface area (Å²) in [5, 5.41) is 13.0. The van der Waals surface area contributed by atoms with Gasteiger partial charge in [0, 0.05) is 6.04 Å². The van der Waals surface area contributed by atoms with Gasteiger partial charge in [-0.2, -0.15) is 0 Å². The largest absolute Gasteiger partial charge is 0.478 e. The minimum absolute atomic E-state index is 0.0385. The van der Waals surface area contributed by atoms with Crippen LogP contribution in [0.5, 0.6) is 0 Å². The number of anilines is 1. The molecular formula is C17H23NO2. The first kappa shape index (κ1) is 13.5. The molecule has 1 saturated carbocycles. The number of aromatic carboxylic acids is 1. The average Bonchev–Trinajstić information content (AvgIpc) is 2.37. The van der Waals surface area contributed by atoms with Gasteiger partial charge in [0.2, 0.25) is 0 Å². The maximum absolute atomic E-state index is 11.5. The van der Waals surface area contributed by atoms with Crippen LogP contribution in [0.3, 0.4) is 0 Å². The van der Waals surface area contributed by atoms with Gasteiger partial charge in [0.15, 0.2) is 0 Å². The Kier molecular flexibility index (Phi) is 3.03.